The highest BCUT2D eigenvalue weighted by molar-refractivity contribution is 5.39. The molecule has 0 saturated heterocycles. The highest BCUT2D eigenvalue weighted by atomic mass is 16.7. The molecule has 1 saturated carbocycles. The predicted octanol–water partition coefficient (Wildman–Crippen LogP) is 3.43. The molecule has 1 aliphatic carbocycles. The van der Waals surface area contributed by atoms with E-state index in [1.54, 1.807) is 14.2 Å². The Bertz CT molecular complexity index is 487. The second-order valence-electron chi connectivity index (χ2n) is 6.16. The molecule has 1 aliphatic rings. The Morgan fingerprint density at radius 2 is 1.70 bits per heavy atom. The summed E-state index contributed by atoms with van der Waals surface area (Å²) in [5.41, 5.74) is 1.92. The van der Waals surface area contributed by atoms with E-state index in [9.17, 15) is 5.26 Å². The van der Waals surface area contributed by atoms with Crippen LogP contribution in [0.4, 0.5) is 0 Å². The van der Waals surface area contributed by atoms with Gasteiger partial charge in [-0.25, -0.2) is 0 Å². The second-order valence-corrected chi connectivity index (χ2v) is 6.16. The van der Waals surface area contributed by atoms with Crippen LogP contribution in [0.15, 0.2) is 24.3 Å². The van der Waals surface area contributed by atoms with Gasteiger partial charge in [0.1, 0.15) is 0 Å². The van der Waals surface area contributed by atoms with Crippen LogP contribution in [0, 0.1) is 17.2 Å². The summed E-state index contributed by atoms with van der Waals surface area (Å²) in [4.78, 5) is 0. The minimum Gasteiger partial charge on any atom is -0.353 e. The number of ether oxygens (including phenoxy) is 2. The van der Waals surface area contributed by atoms with Gasteiger partial charge in [-0.2, -0.15) is 5.26 Å². The van der Waals surface area contributed by atoms with Gasteiger partial charge in [-0.15, -0.1) is 0 Å². The number of methoxy groups -OCH3 is 2. The molecular formula is C17H23NO2. The Hall–Kier alpha value is -1.37. The van der Waals surface area contributed by atoms with Gasteiger partial charge in [0.15, 0.2) is 5.79 Å². The van der Waals surface area contributed by atoms with E-state index in [2.05, 4.69) is 44.2 Å². The molecule has 0 bridgehead atoms. The lowest BCUT2D eigenvalue weighted by molar-refractivity contribution is -0.269. The largest absolute Gasteiger partial charge is 0.353 e. The molecule has 0 radical (unpaired) electrons. The van der Waals surface area contributed by atoms with Crippen LogP contribution in [0.25, 0.3) is 0 Å². The Kier molecular flexibility index (Phi) is 4.17. The maximum Gasteiger partial charge on any atom is 0.171 e. The second kappa shape index (κ2) is 5.55. The number of nitrogens with zero attached hydrogens (tertiary/aromatic N) is 1. The van der Waals surface area contributed by atoms with Gasteiger partial charge in [-0.3, -0.25) is 0 Å². The molecule has 0 spiro atoms. The zero-order valence-corrected chi connectivity index (χ0v) is 12.8. The average molecular weight is 273 g/mol. The average Bonchev–Trinajstić information content (AvgIpc) is 2.40. The molecule has 20 heavy (non-hydrogen) atoms. The fourth-order valence-corrected chi connectivity index (χ4v) is 3.02. The lowest BCUT2D eigenvalue weighted by Gasteiger charge is -2.50. The Labute approximate surface area is 121 Å². The van der Waals surface area contributed by atoms with Gasteiger partial charge in [0.2, 0.25) is 0 Å². The molecule has 0 aliphatic heterocycles. The number of hydrogen-bond donors (Lipinski definition) is 0. The van der Waals surface area contributed by atoms with E-state index in [4.69, 9.17) is 9.47 Å². The quantitative estimate of drug-likeness (QED) is 0.772. The monoisotopic (exact) mass is 273 g/mol. The third kappa shape index (κ3) is 2.59. The van der Waals surface area contributed by atoms with Crippen molar-refractivity contribution >= 4 is 0 Å². The molecule has 0 N–H and O–H groups in total. The summed E-state index contributed by atoms with van der Waals surface area (Å²) < 4.78 is 10.8. The first-order chi connectivity index (χ1) is 9.49. The van der Waals surface area contributed by atoms with E-state index in [1.807, 2.05) is 0 Å². The molecule has 0 unspecified atom stereocenters. The fraction of sp³-hybridized carbons (Fsp3) is 0.588. The molecule has 0 amide bonds. The molecule has 0 atom stereocenters. The number of nitriles is 1. The van der Waals surface area contributed by atoms with Crippen LogP contribution in [0.1, 0.15) is 37.8 Å². The molecule has 2 rings (SSSR count). The Balaban J connectivity index is 2.17. The molecular weight excluding hydrogens is 250 g/mol. The SMILES string of the molecule is COC1(OC)CC(C#N)(c2ccc(CC(C)C)cc2)C1. The molecule has 0 aromatic heterocycles. The van der Waals surface area contributed by atoms with E-state index < -0.39 is 11.2 Å². The molecule has 3 heteroatoms. The Morgan fingerprint density at radius 1 is 1.15 bits per heavy atom. The first-order valence-electron chi connectivity index (χ1n) is 7.10. The number of hydrogen-bond acceptors (Lipinski definition) is 3. The summed E-state index contributed by atoms with van der Waals surface area (Å²) in [6.45, 7) is 4.42. The highest BCUT2D eigenvalue weighted by Crippen LogP contribution is 2.52. The zero-order valence-electron chi connectivity index (χ0n) is 12.8. The maximum absolute atomic E-state index is 9.57. The third-order valence-corrected chi connectivity index (χ3v) is 4.25. The zero-order chi connectivity index (χ0) is 14.8. The molecule has 0 heterocycles. The van der Waals surface area contributed by atoms with Crippen molar-refractivity contribution in [1.82, 2.24) is 0 Å². The van der Waals surface area contributed by atoms with Gasteiger partial charge in [-0.05, 0) is 23.5 Å². The first-order valence-corrected chi connectivity index (χ1v) is 7.10. The molecule has 1 fully saturated rings. The van der Waals surface area contributed by atoms with E-state index >= 15 is 0 Å². The summed E-state index contributed by atoms with van der Waals surface area (Å²) in [6.07, 6.45) is 2.25. The molecule has 1 aromatic carbocycles. The summed E-state index contributed by atoms with van der Waals surface area (Å²) in [5.74, 6) is 0.0518. The van der Waals surface area contributed by atoms with Crippen molar-refractivity contribution in [2.75, 3.05) is 14.2 Å². The van der Waals surface area contributed by atoms with Crippen molar-refractivity contribution in [2.45, 2.75) is 44.3 Å². The van der Waals surface area contributed by atoms with Gasteiger partial charge < -0.3 is 9.47 Å². The standard InChI is InChI=1S/C17H23NO2/c1-13(2)9-14-5-7-15(8-6-14)16(12-18)10-17(11-16,19-3)20-4/h5-8,13H,9-11H2,1-4H3. The van der Waals surface area contributed by atoms with E-state index in [-0.39, 0.29) is 0 Å². The van der Waals surface area contributed by atoms with Gasteiger partial charge in [0.25, 0.3) is 0 Å². The third-order valence-electron chi connectivity index (χ3n) is 4.25. The van der Waals surface area contributed by atoms with E-state index in [1.165, 1.54) is 5.56 Å². The van der Waals surface area contributed by atoms with Crippen molar-refractivity contribution in [2.24, 2.45) is 5.92 Å². The topological polar surface area (TPSA) is 42.2 Å². The highest BCUT2D eigenvalue weighted by Gasteiger charge is 2.57. The molecule has 3 nitrogen and oxygen atoms in total. The van der Waals surface area contributed by atoms with Crippen LogP contribution in [0.5, 0.6) is 0 Å². The predicted molar refractivity (Wildman–Crippen MR) is 78.3 cm³/mol. The minimum absolute atomic E-state index is 0.470. The van der Waals surface area contributed by atoms with Gasteiger partial charge in [0.05, 0.1) is 11.5 Å². The summed E-state index contributed by atoms with van der Waals surface area (Å²) in [6, 6.07) is 10.9. The molecule has 1 aromatic rings. The minimum atomic E-state index is -0.591. The summed E-state index contributed by atoms with van der Waals surface area (Å²) in [7, 11) is 3.27. The Morgan fingerprint density at radius 3 is 2.10 bits per heavy atom. The lowest BCUT2D eigenvalue weighted by Crippen LogP contribution is -2.56. The molecule has 108 valence electrons. The van der Waals surface area contributed by atoms with Crippen LogP contribution in [0.3, 0.4) is 0 Å². The van der Waals surface area contributed by atoms with Crippen molar-refractivity contribution < 1.29 is 9.47 Å². The normalized spacial score (nSPS) is 19.4. The van der Waals surface area contributed by atoms with Crippen molar-refractivity contribution in [3.05, 3.63) is 35.4 Å². The van der Waals surface area contributed by atoms with Crippen molar-refractivity contribution in [1.29, 1.82) is 5.26 Å². The summed E-state index contributed by atoms with van der Waals surface area (Å²) >= 11 is 0. The maximum atomic E-state index is 9.57. The van der Waals surface area contributed by atoms with Crippen molar-refractivity contribution in [3.8, 4) is 6.07 Å². The van der Waals surface area contributed by atoms with Crippen LogP contribution in [-0.4, -0.2) is 20.0 Å². The first kappa shape index (κ1) is 15.0. The van der Waals surface area contributed by atoms with E-state index in [0.717, 1.165) is 12.0 Å². The smallest absolute Gasteiger partial charge is 0.171 e. The van der Waals surface area contributed by atoms with Crippen LogP contribution >= 0.6 is 0 Å². The van der Waals surface area contributed by atoms with Gasteiger partial charge in [0, 0.05) is 27.1 Å². The van der Waals surface area contributed by atoms with Crippen LogP contribution in [0.2, 0.25) is 0 Å². The van der Waals surface area contributed by atoms with E-state index in [0.29, 0.717) is 18.8 Å². The van der Waals surface area contributed by atoms with Crippen LogP contribution < -0.4 is 0 Å². The fourth-order valence-electron chi connectivity index (χ4n) is 3.02. The number of benzene rings is 1. The van der Waals surface area contributed by atoms with Crippen LogP contribution in [-0.2, 0) is 21.3 Å². The van der Waals surface area contributed by atoms with Gasteiger partial charge in [-0.1, -0.05) is 38.1 Å². The van der Waals surface area contributed by atoms with Crippen molar-refractivity contribution in [3.63, 3.8) is 0 Å². The van der Waals surface area contributed by atoms with Gasteiger partial charge >= 0.3 is 0 Å². The summed E-state index contributed by atoms with van der Waals surface area (Å²) in [5, 5.41) is 9.57. The lowest BCUT2D eigenvalue weighted by atomic mass is 9.61. The number of rotatable bonds is 5.